The molecule has 1 aliphatic rings. The maximum atomic E-state index is 12.2. The molecule has 7 heteroatoms. The van der Waals surface area contributed by atoms with E-state index in [-0.39, 0.29) is 11.3 Å². The third-order valence-electron chi connectivity index (χ3n) is 4.33. The number of benzene rings is 2. The molecule has 0 bridgehead atoms. The smallest absolute Gasteiger partial charge is 0.282 e. The number of rotatable bonds is 6. The minimum atomic E-state index is -0.546. The highest BCUT2D eigenvalue weighted by atomic mass is 16.6. The van der Waals surface area contributed by atoms with Crippen LogP contribution in [0.4, 0.5) is 5.69 Å². The van der Waals surface area contributed by atoms with Crippen LogP contribution in [0.1, 0.15) is 21.5 Å². The van der Waals surface area contributed by atoms with Crippen molar-refractivity contribution < 1.29 is 14.5 Å². The first-order valence-electron chi connectivity index (χ1n) is 8.53. The molecule has 1 N–H and O–H groups in total. The lowest BCUT2D eigenvalue weighted by molar-refractivity contribution is -0.385. The lowest BCUT2D eigenvalue weighted by Gasteiger charge is -2.26. The van der Waals surface area contributed by atoms with Crippen LogP contribution < -0.4 is 5.32 Å². The van der Waals surface area contributed by atoms with E-state index in [1.807, 2.05) is 24.3 Å². The average molecular weight is 355 g/mol. The van der Waals surface area contributed by atoms with Gasteiger partial charge in [0.05, 0.1) is 18.1 Å². The Labute approximate surface area is 151 Å². The van der Waals surface area contributed by atoms with Crippen molar-refractivity contribution in [2.75, 3.05) is 26.3 Å². The Bertz CT molecular complexity index is 771. The number of nitro benzene ring substituents is 1. The summed E-state index contributed by atoms with van der Waals surface area (Å²) in [6, 6.07) is 14.0. The summed E-state index contributed by atoms with van der Waals surface area (Å²) < 4.78 is 5.35. The van der Waals surface area contributed by atoms with E-state index in [1.165, 1.54) is 17.7 Å². The van der Waals surface area contributed by atoms with Gasteiger partial charge in [0.2, 0.25) is 0 Å². The molecular formula is C19H21N3O4. The first-order chi connectivity index (χ1) is 12.6. The number of carbonyl (C=O) groups is 1. The summed E-state index contributed by atoms with van der Waals surface area (Å²) in [5, 5.41) is 13.8. The summed E-state index contributed by atoms with van der Waals surface area (Å²) in [5.74, 6) is -0.449. The lowest BCUT2D eigenvalue weighted by Crippen LogP contribution is -2.35. The summed E-state index contributed by atoms with van der Waals surface area (Å²) in [6.07, 6.45) is 0. The van der Waals surface area contributed by atoms with E-state index in [0.717, 1.165) is 38.4 Å². The maximum Gasteiger partial charge on any atom is 0.282 e. The van der Waals surface area contributed by atoms with Crippen LogP contribution in [-0.2, 0) is 17.8 Å². The van der Waals surface area contributed by atoms with E-state index in [0.29, 0.717) is 6.54 Å². The zero-order chi connectivity index (χ0) is 18.4. The molecule has 2 aromatic rings. The molecule has 1 amide bonds. The fraction of sp³-hybridized carbons (Fsp3) is 0.316. The lowest BCUT2D eigenvalue weighted by atomic mass is 10.1. The average Bonchev–Trinajstić information content (AvgIpc) is 2.68. The van der Waals surface area contributed by atoms with Crippen molar-refractivity contribution in [3.63, 3.8) is 0 Å². The maximum absolute atomic E-state index is 12.2. The highest BCUT2D eigenvalue weighted by molar-refractivity contribution is 5.98. The van der Waals surface area contributed by atoms with Gasteiger partial charge in [-0.1, -0.05) is 36.4 Å². The van der Waals surface area contributed by atoms with Gasteiger partial charge in [0.15, 0.2) is 0 Å². The summed E-state index contributed by atoms with van der Waals surface area (Å²) in [5.41, 5.74) is 2.04. The van der Waals surface area contributed by atoms with Crippen LogP contribution in [0.15, 0.2) is 48.5 Å². The Morgan fingerprint density at radius 3 is 2.42 bits per heavy atom. The SMILES string of the molecule is O=C(NCc1ccc(CN2CCOCC2)cc1)c1ccccc1[N+](=O)[O-]. The molecule has 2 aromatic carbocycles. The molecule has 0 aliphatic carbocycles. The number of para-hydroxylation sites is 1. The normalized spacial score (nSPS) is 14.8. The predicted octanol–water partition coefficient (Wildman–Crippen LogP) is 2.36. The molecule has 0 unspecified atom stereocenters. The van der Waals surface area contributed by atoms with Crippen LogP contribution in [0, 0.1) is 10.1 Å². The number of hydrogen-bond donors (Lipinski definition) is 1. The Morgan fingerprint density at radius 2 is 1.73 bits per heavy atom. The molecule has 0 atom stereocenters. The number of amides is 1. The fourth-order valence-corrected chi connectivity index (χ4v) is 2.88. The number of hydrogen-bond acceptors (Lipinski definition) is 5. The summed E-state index contributed by atoms with van der Waals surface area (Å²) in [4.78, 5) is 25.0. The van der Waals surface area contributed by atoms with Gasteiger partial charge in [-0.2, -0.15) is 0 Å². The molecule has 1 aliphatic heterocycles. The van der Waals surface area contributed by atoms with Crippen molar-refractivity contribution in [3.8, 4) is 0 Å². The van der Waals surface area contributed by atoms with E-state index in [2.05, 4.69) is 10.2 Å². The minimum Gasteiger partial charge on any atom is -0.379 e. The first kappa shape index (κ1) is 18.0. The van der Waals surface area contributed by atoms with Crippen molar-refractivity contribution >= 4 is 11.6 Å². The molecule has 1 saturated heterocycles. The van der Waals surface area contributed by atoms with Crippen molar-refractivity contribution in [1.82, 2.24) is 10.2 Å². The summed E-state index contributed by atoms with van der Waals surface area (Å²) in [7, 11) is 0. The van der Waals surface area contributed by atoms with Gasteiger partial charge in [-0.25, -0.2) is 0 Å². The monoisotopic (exact) mass is 355 g/mol. The fourth-order valence-electron chi connectivity index (χ4n) is 2.88. The second-order valence-electron chi connectivity index (χ2n) is 6.16. The van der Waals surface area contributed by atoms with Gasteiger partial charge in [-0.15, -0.1) is 0 Å². The van der Waals surface area contributed by atoms with Crippen molar-refractivity contribution in [3.05, 3.63) is 75.3 Å². The van der Waals surface area contributed by atoms with E-state index in [1.54, 1.807) is 12.1 Å². The van der Waals surface area contributed by atoms with Gasteiger partial charge in [0, 0.05) is 32.2 Å². The number of morpholine rings is 1. The van der Waals surface area contributed by atoms with Gasteiger partial charge in [0.1, 0.15) is 5.56 Å². The van der Waals surface area contributed by atoms with E-state index in [4.69, 9.17) is 4.74 Å². The van der Waals surface area contributed by atoms with Gasteiger partial charge in [0.25, 0.3) is 11.6 Å². The van der Waals surface area contributed by atoms with Crippen molar-refractivity contribution in [2.45, 2.75) is 13.1 Å². The minimum absolute atomic E-state index is 0.0708. The van der Waals surface area contributed by atoms with Crippen molar-refractivity contribution in [1.29, 1.82) is 0 Å². The van der Waals surface area contributed by atoms with Crippen LogP contribution in [-0.4, -0.2) is 42.0 Å². The molecule has 0 aromatic heterocycles. The number of nitrogens with one attached hydrogen (secondary N) is 1. The highest BCUT2D eigenvalue weighted by Crippen LogP contribution is 2.17. The molecular weight excluding hydrogens is 334 g/mol. The second kappa shape index (κ2) is 8.55. The molecule has 7 nitrogen and oxygen atoms in total. The molecule has 0 saturated carbocycles. The van der Waals surface area contributed by atoms with E-state index < -0.39 is 10.8 Å². The van der Waals surface area contributed by atoms with E-state index >= 15 is 0 Å². The number of carbonyl (C=O) groups excluding carboxylic acids is 1. The van der Waals surface area contributed by atoms with Crippen LogP contribution in [0.3, 0.4) is 0 Å². The molecule has 3 rings (SSSR count). The Morgan fingerprint density at radius 1 is 1.08 bits per heavy atom. The Kier molecular flexibility index (Phi) is 5.93. The number of nitro groups is 1. The zero-order valence-electron chi connectivity index (χ0n) is 14.4. The van der Waals surface area contributed by atoms with Gasteiger partial charge in [-0.3, -0.25) is 19.8 Å². The third-order valence-corrected chi connectivity index (χ3v) is 4.33. The predicted molar refractivity (Wildman–Crippen MR) is 96.8 cm³/mol. The number of nitrogens with zero attached hydrogens (tertiary/aromatic N) is 2. The highest BCUT2D eigenvalue weighted by Gasteiger charge is 2.18. The Balaban J connectivity index is 1.56. The summed E-state index contributed by atoms with van der Waals surface area (Å²) in [6.45, 7) is 4.63. The second-order valence-corrected chi connectivity index (χ2v) is 6.16. The first-order valence-corrected chi connectivity index (χ1v) is 8.53. The van der Waals surface area contributed by atoms with Crippen LogP contribution >= 0.6 is 0 Å². The van der Waals surface area contributed by atoms with E-state index in [9.17, 15) is 14.9 Å². The van der Waals surface area contributed by atoms with Crippen LogP contribution in [0.5, 0.6) is 0 Å². The van der Waals surface area contributed by atoms with Gasteiger partial charge in [-0.05, 0) is 17.2 Å². The summed E-state index contributed by atoms with van der Waals surface area (Å²) >= 11 is 0. The third kappa shape index (κ3) is 4.65. The zero-order valence-corrected chi connectivity index (χ0v) is 14.4. The standard InChI is InChI=1S/C19H21N3O4/c23-19(17-3-1-2-4-18(17)22(24)25)20-13-15-5-7-16(8-6-15)14-21-9-11-26-12-10-21/h1-8H,9-14H2,(H,20,23). The van der Waals surface area contributed by atoms with Gasteiger partial charge < -0.3 is 10.1 Å². The topological polar surface area (TPSA) is 84.7 Å². The Hall–Kier alpha value is -2.77. The molecule has 26 heavy (non-hydrogen) atoms. The largest absolute Gasteiger partial charge is 0.379 e. The molecule has 1 fully saturated rings. The van der Waals surface area contributed by atoms with Crippen molar-refractivity contribution in [2.24, 2.45) is 0 Å². The van der Waals surface area contributed by atoms with Crippen LogP contribution in [0.2, 0.25) is 0 Å². The molecule has 136 valence electrons. The molecule has 0 radical (unpaired) electrons. The molecule has 1 heterocycles. The van der Waals surface area contributed by atoms with Gasteiger partial charge >= 0.3 is 0 Å². The number of ether oxygens (including phenoxy) is 1. The molecule has 0 spiro atoms. The van der Waals surface area contributed by atoms with Crippen LogP contribution in [0.25, 0.3) is 0 Å². The quantitative estimate of drug-likeness (QED) is 0.635.